The fourth-order valence-corrected chi connectivity index (χ4v) is 7.75. The van der Waals surface area contributed by atoms with Crippen molar-refractivity contribution >= 4 is 0 Å². The summed E-state index contributed by atoms with van der Waals surface area (Å²) in [5.41, 5.74) is 2.33. The Kier molecular flexibility index (Phi) is 9.97. The third-order valence-electron chi connectivity index (χ3n) is 9.81. The van der Waals surface area contributed by atoms with Crippen LogP contribution in [0.15, 0.2) is 23.3 Å². The van der Waals surface area contributed by atoms with Gasteiger partial charge in [0.1, 0.15) is 0 Å². The molecule has 0 saturated heterocycles. The second-order valence-electron chi connectivity index (χ2n) is 14.6. The minimum absolute atomic E-state index is 0.292. The van der Waals surface area contributed by atoms with Crippen LogP contribution >= 0.6 is 0 Å². The van der Waals surface area contributed by atoms with Crippen LogP contribution in [0.4, 0.5) is 0 Å². The van der Waals surface area contributed by atoms with E-state index in [-0.39, 0.29) is 0 Å². The molecule has 0 unspecified atom stereocenters. The zero-order chi connectivity index (χ0) is 26.7. The minimum atomic E-state index is -1.05. The van der Waals surface area contributed by atoms with Crippen molar-refractivity contribution in [2.24, 2.45) is 28.6 Å². The molecule has 0 heterocycles. The van der Waals surface area contributed by atoms with Crippen LogP contribution < -0.4 is 0 Å². The lowest BCUT2D eigenvalue weighted by atomic mass is 9.59. The van der Waals surface area contributed by atoms with E-state index in [1.165, 1.54) is 50.5 Å². The Balaban J connectivity index is 1.76. The van der Waals surface area contributed by atoms with Crippen molar-refractivity contribution in [3.8, 4) is 0 Å². The van der Waals surface area contributed by atoms with Gasteiger partial charge in [0.2, 0.25) is 0 Å². The van der Waals surface area contributed by atoms with Gasteiger partial charge in [0.05, 0.1) is 23.9 Å². The van der Waals surface area contributed by atoms with Gasteiger partial charge in [-0.3, -0.25) is 0 Å². The van der Waals surface area contributed by atoms with Gasteiger partial charge in [-0.1, -0.05) is 63.8 Å². The summed E-state index contributed by atoms with van der Waals surface area (Å²) in [4.78, 5) is 0. The van der Waals surface area contributed by atoms with Crippen molar-refractivity contribution in [2.45, 2.75) is 149 Å². The van der Waals surface area contributed by atoms with E-state index in [1.807, 2.05) is 0 Å². The lowest BCUT2D eigenvalue weighted by Crippen LogP contribution is -2.39. The van der Waals surface area contributed by atoms with E-state index in [9.17, 15) is 20.4 Å². The largest absolute Gasteiger partial charge is 0.393 e. The van der Waals surface area contributed by atoms with Gasteiger partial charge in [-0.05, 0) is 113 Å². The van der Waals surface area contributed by atoms with Crippen molar-refractivity contribution in [1.82, 2.24) is 0 Å². The van der Waals surface area contributed by atoms with E-state index in [2.05, 4.69) is 39.8 Å². The molecule has 4 heteroatoms. The number of aliphatic hydroxyl groups is 4. The molecule has 4 N–H and O–H groups in total. The Morgan fingerprint density at radius 2 is 1.64 bits per heavy atom. The molecule has 0 aliphatic heterocycles. The Morgan fingerprint density at radius 3 is 2.25 bits per heavy atom. The molecule has 3 aliphatic carbocycles. The van der Waals surface area contributed by atoms with Gasteiger partial charge in [0.15, 0.2) is 0 Å². The SMILES string of the molecule is CC(C)(C)CCC[C@@H](CC[C@@H](O)C(C)(C)O)[C@H]1CC[C@H]2/C(=C/C=C3C[C@@H](O)C[C@H](O)C3)CCC[C@]12C. The Morgan fingerprint density at radius 1 is 0.972 bits per heavy atom. The molecule has 0 aromatic rings. The molecule has 7 atom stereocenters. The molecule has 3 saturated carbocycles. The average Bonchev–Trinajstić information content (AvgIpc) is 3.09. The first-order valence-corrected chi connectivity index (χ1v) is 14.8. The summed E-state index contributed by atoms with van der Waals surface area (Å²) in [5, 5.41) is 41.1. The molecule has 0 aromatic carbocycles. The number of hydrogen-bond donors (Lipinski definition) is 4. The molecule has 3 aliphatic rings. The summed E-state index contributed by atoms with van der Waals surface area (Å²) in [6.07, 6.45) is 16.4. The van der Waals surface area contributed by atoms with Gasteiger partial charge >= 0.3 is 0 Å². The van der Waals surface area contributed by atoms with E-state index < -0.39 is 23.9 Å². The predicted molar refractivity (Wildman–Crippen MR) is 149 cm³/mol. The normalized spacial score (nSPS) is 34.5. The number of allylic oxidation sites excluding steroid dienone is 3. The van der Waals surface area contributed by atoms with E-state index in [0.717, 1.165) is 12.8 Å². The van der Waals surface area contributed by atoms with Gasteiger partial charge < -0.3 is 20.4 Å². The van der Waals surface area contributed by atoms with Gasteiger partial charge in [-0.2, -0.15) is 0 Å². The fraction of sp³-hybridized carbons (Fsp3) is 0.875. The molecule has 36 heavy (non-hydrogen) atoms. The van der Waals surface area contributed by atoms with Crippen molar-refractivity contribution in [2.75, 3.05) is 0 Å². The van der Waals surface area contributed by atoms with Crippen molar-refractivity contribution in [1.29, 1.82) is 0 Å². The molecule has 0 radical (unpaired) electrons. The molecule has 0 spiro atoms. The number of aliphatic hydroxyl groups excluding tert-OH is 3. The minimum Gasteiger partial charge on any atom is -0.393 e. The maximum Gasteiger partial charge on any atom is 0.0849 e. The van der Waals surface area contributed by atoms with Gasteiger partial charge in [-0.25, -0.2) is 0 Å². The van der Waals surface area contributed by atoms with Crippen LogP contribution in [0.3, 0.4) is 0 Å². The summed E-state index contributed by atoms with van der Waals surface area (Å²) in [5.74, 6) is 1.85. The highest BCUT2D eigenvalue weighted by atomic mass is 16.3. The zero-order valence-corrected chi connectivity index (χ0v) is 24.1. The number of fused-ring (bicyclic) bond motifs is 1. The van der Waals surface area contributed by atoms with Crippen LogP contribution in [0.1, 0.15) is 125 Å². The summed E-state index contributed by atoms with van der Waals surface area (Å²) < 4.78 is 0. The summed E-state index contributed by atoms with van der Waals surface area (Å²) >= 11 is 0. The molecule has 208 valence electrons. The van der Waals surface area contributed by atoms with Gasteiger partial charge in [0.25, 0.3) is 0 Å². The quantitative estimate of drug-likeness (QED) is 0.281. The lowest BCUT2D eigenvalue weighted by Gasteiger charge is -2.45. The molecule has 3 rings (SSSR count). The maximum atomic E-state index is 10.6. The lowest BCUT2D eigenvalue weighted by molar-refractivity contribution is -0.0562. The highest BCUT2D eigenvalue weighted by Crippen LogP contribution is 2.60. The third kappa shape index (κ3) is 7.91. The molecule has 4 nitrogen and oxygen atoms in total. The Labute approximate surface area is 221 Å². The standard InChI is InChI=1S/C32H56O4/c1-30(2,3)17-7-9-24(13-16-29(35)31(4,5)36)28-15-14-27-23(10-8-18-32(27,28)6)12-11-22-19-25(33)21-26(34)20-22/h11-12,24-29,33-36H,7-10,13-21H2,1-6H3/b23-12+/t24-,25+,26+,27-,28+,29+,32-/m0/s1. The molecule has 0 aromatic heterocycles. The van der Waals surface area contributed by atoms with Crippen LogP contribution in [-0.4, -0.2) is 44.3 Å². The first kappa shape index (κ1) is 29.9. The van der Waals surface area contributed by atoms with E-state index in [4.69, 9.17) is 0 Å². The van der Waals surface area contributed by atoms with Crippen LogP contribution in [0.2, 0.25) is 0 Å². The monoisotopic (exact) mass is 504 g/mol. The third-order valence-corrected chi connectivity index (χ3v) is 9.81. The first-order valence-electron chi connectivity index (χ1n) is 14.8. The fourth-order valence-electron chi connectivity index (χ4n) is 7.75. The van der Waals surface area contributed by atoms with E-state index in [1.54, 1.807) is 19.4 Å². The van der Waals surface area contributed by atoms with Gasteiger partial charge in [-0.15, -0.1) is 0 Å². The van der Waals surface area contributed by atoms with Crippen LogP contribution in [0.5, 0.6) is 0 Å². The molecule has 0 bridgehead atoms. The predicted octanol–water partition coefficient (Wildman–Crippen LogP) is 6.71. The number of rotatable bonds is 9. The van der Waals surface area contributed by atoms with Crippen molar-refractivity contribution in [3.63, 3.8) is 0 Å². The van der Waals surface area contributed by atoms with Crippen LogP contribution in [0.25, 0.3) is 0 Å². The second-order valence-corrected chi connectivity index (χ2v) is 14.6. The molecular weight excluding hydrogens is 448 g/mol. The molecule has 3 fully saturated rings. The second kappa shape index (κ2) is 12.0. The van der Waals surface area contributed by atoms with Crippen molar-refractivity contribution < 1.29 is 20.4 Å². The Bertz CT molecular complexity index is 758. The highest BCUT2D eigenvalue weighted by Gasteiger charge is 2.51. The van der Waals surface area contributed by atoms with E-state index >= 15 is 0 Å². The summed E-state index contributed by atoms with van der Waals surface area (Å²) in [7, 11) is 0. The van der Waals surface area contributed by atoms with Crippen LogP contribution in [0, 0.1) is 28.6 Å². The van der Waals surface area contributed by atoms with Gasteiger partial charge in [0, 0.05) is 0 Å². The smallest absolute Gasteiger partial charge is 0.0849 e. The average molecular weight is 505 g/mol. The number of hydrogen-bond acceptors (Lipinski definition) is 4. The summed E-state index contributed by atoms with van der Waals surface area (Å²) in [6, 6.07) is 0. The molecule has 0 amide bonds. The zero-order valence-electron chi connectivity index (χ0n) is 24.1. The topological polar surface area (TPSA) is 80.9 Å². The van der Waals surface area contributed by atoms with Crippen molar-refractivity contribution in [3.05, 3.63) is 23.3 Å². The van der Waals surface area contributed by atoms with Crippen LogP contribution in [-0.2, 0) is 0 Å². The highest BCUT2D eigenvalue weighted by molar-refractivity contribution is 5.26. The first-order chi connectivity index (χ1) is 16.7. The Hall–Kier alpha value is -0.680. The maximum absolute atomic E-state index is 10.6. The van der Waals surface area contributed by atoms with E-state index in [0.29, 0.717) is 54.3 Å². The molecular formula is C32H56O4. The summed E-state index contributed by atoms with van der Waals surface area (Å²) in [6.45, 7) is 12.9.